The van der Waals surface area contributed by atoms with Crippen LogP contribution in [0.15, 0.2) is 41.7 Å². The molecule has 5 nitrogen and oxygen atoms in total. The first kappa shape index (κ1) is 11.9. The summed E-state index contributed by atoms with van der Waals surface area (Å²) < 4.78 is 0. The highest BCUT2D eigenvalue weighted by molar-refractivity contribution is 7.98. The molecule has 3 rings (SSSR count). The van der Waals surface area contributed by atoms with E-state index in [1.807, 2.05) is 36.6 Å². The van der Waals surface area contributed by atoms with Gasteiger partial charge in [0.25, 0.3) is 0 Å². The quantitative estimate of drug-likeness (QED) is 0.568. The van der Waals surface area contributed by atoms with Crippen LogP contribution in [0.2, 0.25) is 0 Å². The normalized spacial score (nSPS) is 10.8. The molecule has 0 radical (unpaired) electrons. The van der Waals surface area contributed by atoms with Crippen LogP contribution in [-0.4, -0.2) is 26.2 Å². The molecule has 0 aliphatic heterocycles. The molecule has 0 saturated heterocycles. The smallest absolute Gasteiger partial charge is 0.191 e. The summed E-state index contributed by atoms with van der Waals surface area (Å²) in [6.45, 7) is 0. The first-order valence-corrected chi connectivity index (χ1v) is 6.90. The molecule has 0 aliphatic carbocycles. The van der Waals surface area contributed by atoms with E-state index in [9.17, 15) is 0 Å². The molecule has 0 amide bonds. The van der Waals surface area contributed by atoms with E-state index in [0.29, 0.717) is 22.1 Å². The van der Waals surface area contributed by atoms with E-state index < -0.39 is 0 Å². The fourth-order valence-electron chi connectivity index (χ4n) is 1.75. The average molecular weight is 269 g/mol. The molecule has 94 valence electrons. The van der Waals surface area contributed by atoms with Crippen LogP contribution in [0.3, 0.4) is 0 Å². The van der Waals surface area contributed by atoms with Crippen molar-refractivity contribution in [3.8, 4) is 11.3 Å². The van der Waals surface area contributed by atoms with Gasteiger partial charge in [-0.1, -0.05) is 42.1 Å². The highest BCUT2D eigenvalue weighted by Crippen LogP contribution is 2.22. The van der Waals surface area contributed by atoms with Crippen LogP contribution in [0.25, 0.3) is 22.4 Å². The topological polar surface area (TPSA) is 77.6 Å². The Morgan fingerprint density at radius 1 is 1.05 bits per heavy atom. The van der Waals surface area contributed by atoms with Gasteiger partial charge < -0.3 is 5.73 Å². The lowest BCUT2D eigenvalue weighted by atomic mass is 10.2. The third-order valence-corrected chi connectivity index (χ3v) is 3.21. The SMILES string of the molecule is CSc1nc(N)c2nc(-c3ccccc3)cnc2n1. The molecule has 6 heteroatoms. The molecule has 0 bridgehead atoms. The van der Waals surface area contributed by atoms with E-state index in [1.54, 1.807) is 6.20 Å². The molecule has 0 fully saturated rings. The second-order valence-electron chi connectivity index (χ2n) is 3.89. The van der Waals surface area contributed by atoms with E-state index >= 15 is 0 Å². The van der Waals surface area contributed by atoms with E-state index in [-0.39, 0.29) is 0 Å². The number of fused-ring (bicyclic) bond motifs is 1. The van der Waals surface area contributed by atoms with Crippen molar-refractivity contribution in [2.45, 2.75) is 5.16 Å². The lowest BCUT2D eigenvalue weighted by Crippen LogP contribution is -2.00. The molecule has 0 saturated carbocycles. The van der Waals surface area contributed by atoms with Crippen LogP contribution in [0.5, 0.6) is 0 Å². The van der Waals surface area contributed by atoms with E-state index in [1.165, 1.54) is 11.8 Å². The molecule has 3 aromatic rings. The summed E-state index contributed by atoms with van der Waals surface area (Å²) in [6.07, 6.45) is 3.60. The largest absolute Gasteiger partial charge is 0.382 e. The van der Waals surface area contributed by atoms with Gasteiger partial charge in [-0.05, 0) is 6.26 Å². The number of nitrogens with two attached hydrogens (primary N) is 1. The van der Waals surface area contributed by atoms with Crippen molar-refractivity contribution in [1.29, 1.82) is 0 Å². The zero-order chi connectivity index (χ0) is 13.2. The van der Waals surface area contributed by atoms with Gasteiger partial charge in [-0.3, -0.25) is 0 Å². The fraction of sp³-hybridized carbons (Fsp3) is 0.0769. The molecule has 0 aliphatic rings. The second kappa shape index (κ2) is 4.81. The monoisotopic (exact) mass is 269 g/mol. The van der Waals surface area contributed by atoms with E-state index in [0.717, 1.165) is 11.3 Å². The maximum Gasteiger partial charge on any atom is 0.191 e. The number of rotatable bonds is 2. The Bertz CT molecular complexity index is 730. The van der Waals surface area contributed by atoms with E-state index in [2.05, 4.69) is 19.9 Å². The Labute approximate surface area is 114 Å². The van der Waals surface area contributed by atoms with Gasteiger partial charge in [-0.2, -0.15) is 0 Å². The molecule has 0 atom stereocenters. The first-order chi connectivity index (χ1) is 9.28. The predicted molar refractivity (Wildman–Crippen MR) is 76.8 cm³/mol. The molecular formula is C13H11N5S. The number of benzene rings is 1. The number of hydrogen-bond acceptors (Lipinski definition) is 6. The number of aromatic nitrogens is 4. The zero-order valence-corrected chi connectivity index (χ0v) is 11.1. The molecule has 2 N–H and O–H groups in total. The predicted octanol–water partition coefficient (Wildman–Crippen LogP) is 2.39. The molecule has 2 aromatic heterocycles. The highest BCUT2D eigenvalue weighted by atomic mass is 32.2. The Morgan fingerprint density at radius 2 is 1.84 bits per heavy atom. The van der Waals surface area contributed by atoms with Crippen LogP contribution < -0.4 is 5.73 Å². The van der Waals surface area contributed by atoms with Crippen molar-refractivity contribution in [2.24, 2.45) is 0 Å². The summed E-state index contributed by atoms with van der Waals surface area (Å²) in [5.41, 5.74) is 8.73. The van der Waals surface area contributed by atoms with Gasteiger partial charge in [0.2, 0.25) is 0 Å². The van der Waals surface area contributed by atoms with Gasteiger partial charge in [0.15, 0.2) is 22.1 Å². The van der Waals surface area contributed by atoms with Gasteiger partial charge in [0.1, 0.15) is 0 Å². The van der Waals surface area contributed by atoms with Gasteiger partial charge >= 0.3 is 0 Å². The second-order valence-corrected chi connectivity index (χ2v) is 4.66. The van der Waals surface area contributed by atoms with Crippen LogP contribution in [0.4, 0.5) is 5.82 Å². The number of nitrogens with zero attached hydrogens (tertiary/aromatic N) is 4. The number of hydrogen-bond donors (Lipinski definition) is 1. The standard InChI is InChI=1S/C13H11N5S/c1-19-13-17-11(14)10-12(18-13)15-7-9(16-10)8-5-3-2-4-6-8/h2-7H,1H3,(H2,14,15,17,18). The van der Waals surface area contributed by atoms with Gasteiger partial charge in [-0.15, -0.1) is 0 Å². The van der Waals surface area contributed by atoms with Crippen LogP contribution in [-0.2, 0) is 0 Å². The maximum atomic E-state index is 5.91. The minimum atomic E-state index is 0.361. The van der Waals surface area contributed by atoms with Crippen molar-refractivity contribution in [1.82, 2.24) is 19.9 Å². The molecule has 0 spiro atoms. The van der Waals surface area contributed by atoms with E-state index in [4.69, 9.17) is 5.73 Å². The summed E-state index contributed by atoms with van der Waals surface area (Å²) in [4.78, 5) is 17.3. The summed E-state index contributed by atoms with van der Waals surface area (Å²) in [5, 5.41) is 0.603. The summed E-state index contributed by atoms with van der Waals surface area (Å²) in [5.74, 6) is 0.361. The van der Waals surface area contributed by atoms with Crippen LogP contribution >= 0.6 is 11.8 Å². The molecule has 1 aromatic carbocycles. The van der Waals surface area contributed by atoms with Crippen molar-refractivity contribution < 1.29 is 0 Å². The highest BCUT2D eigenvalue weighted by Gasteiger charge is 2.09. The minimum absolute atomic E-state index is 0.361. The average Bonchev–Trinajstić information content (AvgIpc) is 2.47. The minimum Gasteiger partial charge on any atom is -0.382 e. The lowest BCUT2D eigenvalue weighted by molar-refractivity contribution is 0.991. The zero-order valence-electron chi connectivity index (χ0n) is 10.2. The summed E-state index contributed by atoms with van der Waals surface area (Å²) in [7, 11) is 0. The number of thioether (sulfide) groups is 1. The number of nitrogen functional groups attached to an aromatic ring is 1. The Kier molecular flexibility index (Phi) is 3.00. The summed E-state index contributed by atoms with van der Waals surface area (Å²) >= 11 is 1.43. The first-order valence-electron chi connectivity index (χ1n) is 5.67. The maximum absolute atomic E-state index is 5.91. The van der Waals surface area contributed by atoms with Gasteiger partial charge in [-0.25, -0.2) is 19.9 Å². The summed E-state index contributed by atoms with van der Waals surface area (Å²) in [6, 6.07) is 9.82. The van der Waals surface area contributed by atoms with Crippen molar-refractivity contribution in [2.75, 3.05) is 12.0 Å². The molecule has 19 heavy (non-hydrogen) atoms. The molecule has 2 heterocycles. The molecule has 0 unspecified atom stereocenters. The third kappa shape index (κ3) is 2.22. The Hall–Kier alpha value is -2.21. The van der Waals surface area contributed by atoms with Crippen LogP contribution in [0.1, 0.15) is 0 Å². The van der Waals surface area contributed by atoms with Crippen LogP contribution in [0, 0.1) is 0 Å². The fourth-order valence-corrected chi connectivity index (χ4v) is 2.11. The Balaban J connectivity index is 2.19. The van der Waals surface area contributed by atoms with Gasteiger partial charge in [0, 0.05) is 5.56 Å². The van der Waals surface area contributed by atoms with Crippen molar-refractivity contribution in [3.63, 3.8) is 0 Å². The molecular weight excluding hydrogens is 258 g/mol. The van der Waals surface area contributed by atoms with Gasteiger partial charge in [0.05, 0.1) is 11.9 Å². The Morgan fingerprint density at radius 3 is 2.58 bits per heavy atom. The lowest BCUT2D eigenvalue weighted by Gasteiger charge is -2.04. The van der Waals surface area contributed by atoms with Crippen molar-refractivity contribution in [3.05, 3.63) is 36.5 Å². The number of anilines is 1. The third-order valence-electron chi connectivity index (χ3n) is 2.67. The van der Waals surface area contributed by atoms with Crippen molar-refractivity contribution >= 4 is 28.7 Å².